The number of carbonyl (C=O) groups is 1. The molecule has 0 aliphatic rings. The molecule has 0 bridgehead atoms. The average Bonchev–Trinajstić information content (AvgIpc) is 2.34. The molecule has 1 aromatic rings. The number of nitrogens with zero attached hydrogens (tertiary/aromatic N) is 1. The van der Waals surface area contributed by atoms with E-state index in [1.807, 2.05) is 37.3 Å². The maximum absolute atomic E-state index is 11.3. The smallest absolute Gasteiger partial charge is 0.231 e. The van der Waals surface area contributed by atoms with Crippen molar-refractivity contribution >= 4 is 17.7 Å². The van der Waals surface area contributed by atoms with Crippen molar-refractivity contribution in [2.45, 2.75) is 17.9 Å². The largest absolute Gasteiger partial charge is 0.342 e. The highest BCUT2D eigenvalue weighted by molar-refractivity contribution is 8.00. The van der Waals surface area contributed by atoms with Gasteiger partial charge in [0.15, 0.2) is 0 Å². The quantitative estimate of drug-likeness (QED) is 0.611. The highest BCUT2D eigenvalue weighted by Gasteiger charge is 2.04. The highest BCUT2D eigenvalue weighted by atomic mass is 32.2. The van der Waals surface area contributed by atoms with Gasteiger partial charge in [-0.3, -0.25) is 4.79 Å². The summed E-state index contributed by atoms with van der Waals surface area (Å²) in [5, 5.41) is 10.8. The summed E-state index contributed by atoms with van der Waals surface area (Å²) in [4.78, 5) is 12.3. The molecule has 0 saturated heterocycles. The average molecular weight is 249 g/mol. The number of nitrogens with two attached hydrogens (primary N) is 1. The minimum Gasteiger partial charge on any atom is -0.342 e. The van der Waals surface area contributed by atoms with Gasteiger partial charge in [-0.15, -0.1) is 11.8 Å². The van der Waals surface area contributed by atoms with E-state index in [2.05, 4.69) is 5.32 Å². The molecular weight excluding hydrogens is 234 g/mol. The van der Waals surface area contributed by atoms with Crippen molar-refractivity contribution in [2.24, 2.45) is 5.73 Å². The summed E-state index contributed by atoms with van der Waals surface area (Å²) in [7, 11) is 0. The molecule has 4 nitrogen and oxygen atoms in total. The number of hydrogen-bond donors (Lipinski definition) is 2. The standard InChI is InChI=1S/C12H15N3OS/c1-9(14)10-3-2-4-11(7-10)17-8-12(16)15-6-5-13/h2-4,7,9H,6,8,14H2,1H3,(H,15,16). The van der Waals surface area contributed by atoms with E-state index in [-0.39, 0.29) is 18.5 Å². The lowest BCUT2D eigenvalue weighted by Gasteiger charge is -2.07. The number of nitriles is 1. The molecule has 1 amide bonds. The molecular formula is C12H15N3OS. The molecule has 17 heavy (non-hydrogen) atoms. The Kier molecular flexibility index (Phi) is 5.53. The first-order chi connectivity index (χ1) is 8.13. The normalized spacial score (nSPS) is 11.6. The molecule has 5 heteroatoms. The second-order valence-electron chi connectivity index (χ2n) is 3.58. The second kappa shape index (κ2) is 6.94. The van der Waals surface area contributed by atoms with E-state index in [1.54, 1.807) is 0 Å². The SMILES string of the molecule is CC(N)c1cccc(SCC(=O)NCC#N)c1. The maximum atomic E-state index is 11.3. The molecule has 3 N–H and O–H groups in total. The van der Waals surface area contributed by atoms with Crippen LogP contribution in [0.5, 0.6) is 0 Å². The zero-order valence-corrected chi connectivity index (χ0v) is 10.5. The van der Waals surface area contributed by atoms with Crippen LogP contribution in [0.2, 0.25) is 0 Å². The lowest BCUT2D eigenvalue weighted by molar-refractivity contribution is -0.118. The van der Waals surface area contributed by atoms with Crippen molar-refractivity contribution in [3.63, 3.8) is 0 Å². The summed E-state index contributed by atoms with van der Waals surface area (Å²) in [6.07, 6.45) is 0. The van der Waals surface area contributed by atoms with Crippen LogP contribution < -0.4 is 11.1 Å². The predicted octanol–water partition coefficient (Wildman–Crippen LogP) is 1.44. The van der Waals surface area contributed by atoms with Gasteiger partial charge in [0.25, 0.3) is 0 Å². The van der Waals surface area contributed by atoms with E-state index in [4.69, 9.17) is 11.0 Å². The molecule has 0 aromatic heterocycles. The number of benzene rings is 1. The monoisotopic (exact) mass is 249 g/mol. The van der Waals surface area contributed by atoms with Crippen LogP contribution >= 0.6 is 11.8 Å². The number of carbonyl (C=O) groups excluding carboxylic acids is 1. The van der Waals surface area contributed by atoms with Gasteiger partial charge < -0.3 is 11.1 Å². The fourth-order valence-corrected chi connectivity index (χ4v) is 2.02. The lowest BCUT2D eigenvalue weighted by Crippen LogP contribution is -2.25. The van der Waals surface area contributed by atoms with Crippen LogP contribution in [0.25, 0.3) is 0 Å². The molecule has 0 spiro atoms. The van der Waals surface area contributed by atoms with Gasteiger partial charge in [0.1, 0.15) is 6.54 Å². The third kappa shape index (κ3) is 4.89. The molecule has 0 saturated carbocycles. The zero-order valence-electron chi connectivity index (χ0n) is 9.64. The van der Waals surface area contributed by atoms with Gasteiger partial charge >= 0.3 is 0 Å². The van der Waals surface area contributed by atoms with E-state index in [0.29, 0.717) is 5.75 Å². The van der Waals surface area contributed by atoms with E-state index in [1.165, 1.54) is 11.8 Å². The molecule has 1 unspecified atom stereocenters. The Labute approximate surface area is 105 Å². The summed E-state index contributed by atoms with van der Waals surface area (Å²) in [5.41, 5.74) is 6.83. The minimum absolute atomic E-state index is 0.0111. The number of thioether (sulfide) groups is 1. The van der Waals surface area contributed by atoms with Crippen LogP contribution in [0.4, 0.5) is 0 Å². The van der Waals surface area contributed by atoms with Crippen molar-refractivity contribution in [1.29, 1.82) is 5.26 Å². The molecule has 90 valence electrons. The minimum atomic E-state index is -0.136. The molecule has 0 heterocycles. The lowest BCUT2D eigenvalue weighted by atomic mass is 10.1. The van der Waals surface area contributed by atoms with Gasteiger partial charge in [0, 0.05) is 10.9 Å². The Hall–Kier alpha value is -1.51. The number of amides is 1. The van der Waals surface area contributed by atoms with Crippen LogP contribution in [0.3, 0.4) is 0 Å². The first-order valence-electron chi connectivity index (χ1n) is 5.25. The maximum Gasteiger partial charge on any atom is 0.231 e. The van der Waals surface area contributed by atoms with E-state index >= 15 is 0 Å². The predicted molar refractivity (Wildman–Crippen MR) is 68.4 cm³/mol. The molecule has 0 radical (unpaired) electrons. The van der Waals surface area contributed by atoms with Crippen LogP contribution in [-0.2, 0) is 4.79 Å². The summed E-state index contributed by atoms with van der Waals surface area (Å²) >= 11 is 1.43. The molecule has 1 atom stereocenters. The van der Waals surface area contributed by atoms with Gasteiger partial charge in [0.05, 0.1) is 11.8 Å². The van der Waals surface area contributed by atoms with Crippen molar-refractivity contribution in [3.05, 3.63) is 29.8 Å². The number of rotatable bonds is 5. The highest BCUT2D eigenvalue weighted by Crippen LogP contribution is 2.21. The van der Waals surface area contributed by atoms with Crippen molar-refractivity contribution < 1.29 is 4.79 Å². The van der Waals surface area contributed by atoms with Crippen LogP contribution in [-0.4, -0.2) is 18.2 Å². The molecule has 0 aliphatic heterocycles. The van der Waals surface area contributed by atoms with E-state index in [9.17, 15) is 4.79 Å². The second-order valence-corrected chi connectivity index (χ2v) is 4.63. The first kappa shape index (κ1) is 13.6. The fraction of sp³-hybridized carbons (Fsp3) is 0.333. The van der Waals surface area contributed by atoms with Crippen LogP contribution in [0.1, 0.15) is 18.5 Å². The molecule has 0 fully saturated rings. The van der Waals surface area contributed by atoms with Crippen molar-refractivity contribution in [2.75, 3.05) is 12.3 Å². The summed E-state index contributed by atoms with van der Waals surface area (Å²) in [5.74, 6) is 0.173. The van der Waals surface area contributed by atoms with E-state index in [0.717, 1.165) is 10.5 Å². The molecule has 0 aliphatic carbocycles. The summed E-state index contributed by atoms with van der Waals surface area (Å²) < 4.78 is 0. The van der Waals surface area contributed by atoms with E-state index < -0.39 is 0 Å². The molecule has 1 aromatic carbocycles. The summed E-state index contributed by atoms with van der Waals surface area (Å²) in [6.45, 7) is 1.97. The number of nitrogens with one attached hydrogen (secondary N) is 1. The Morgan fingerprint density at radius 3 is 3.06 bits per heavy atom. The third-order valence-electron chi connectivity index (χ3n) is 2.12. The van der Waals surface area contributed by atoms with Crippen molar-refractivity contribution in [1.82, 2.24) is 5.32 Å². The van der Waals surface area contributed by atoms with Gasteiger partial charge in [0.2, 0.25) is 5.91 Å². The van der Waals surface area contributed by atoms with Gasteiger partial charge in [-0.2, -0.15) is 5.26 Å². The Morgan fingerprint density at radius 1 is 1.65 bits per heavy atom. The van der Waals surface area contributed by atoms with Gasteiger partial charge in [-0.1, -0.05) is 12.1 Å². The zero-order chi connectivity index (χ0) is 12.7. The van der Waals surface area contributed by atoms with Crippen LogP contribution in [0, 0.1) is 11.3 Å². The first-order valence-corrected chi connectivity index (χ1v) is 6.24. The van der Waals surface area contributed by atoms with Gasteiger partial charge in [-0.05, 0) is 24.6 Å². The van der Waals surface area contributed by atoms with Crippen LogP contribution in [0.15, 0.2) is 29.2 Å². The Bertz CT molecular complexity index is 426. The van der Waals surface area contributed by atoms with Gasteiger partial charge in [-0.25, -0.2) is 0 Å². The third-order valence-corrected chi connectivity index (χ3v) is 3.11. The Balaban J connectivity index is 2.49. The summed E-state index contributed by atoms with van der Waals surface area (Å²) in [6, 6.07) is 9.66. The van der Waals surface area contributed by atoms with Crippen molar-refractivity contribution in [3.8, 4) is 6.07 Å². The topological polar surface area (TPSA) is 78.9 Å². The number of hydrogen-bond acceptors (Lipinski definition) is 4. The fourth-order valence-electron chi connectivity index (χ4n) is 1.23. The Morgan fingerprint density at radius 2 is 2.41 bits per heavy atom. The molecule has 1 rings (SSSR count).